The zero-order chi connectivity index (χ0) is 18.0. The van der Waals surface area contributed by atoms with E-state index in [0.29, 0.717) is 39.1 Å². The average Bonchev–Trinajstić information content (AvgIpc) is 2.60. The Hall–Kier alpha value is -1.45. The third kappa shape index (κ3) is 3.88. The van der Waals surface area contributed by atoms with Crippen molar-refractivity contribution in [1.29, 1.82) is 0 Å². The van der Waals surface area contributed by atoms with Crippen LogP contribution in [0.2, 0.25) is 0 Å². The van der Waals surface area contributed by atoms with E-state index in [9.17, 15) is 8.42 Å². The first-order valence-electron chi connectivity index (χ1n) is 8.80. The second kappa shape index (κ2) is 7.43. The Morgan fingerprint density at radius 3 is 2.52 bits per heavy atom. The molecule has 1 fully saturated rings. The lowest BCUT2D eigenvalue weighted by Crippen LogP contribution is -2.40. The van der Waals surface area contributed by atoms with Gasteiger partial charge in [0, 0.05) is 52.3 Å². The fraction of sp³-hybridized carbons (Fsp3) is 0.750. The number of ether oxygens (including phenoxy) is 1. The monoisotopic (exact) mass is 369 g/mol. The summed E-state index contributed by atoms with van der Waals surface area (Å²) < 4.78 is 31.9. The van der Waals surface area contributed by atoms with Crippen LogP contribution in [-0.2, 0) is 27.7 Å². The van der Waals surface area contributed by atoms with Crippen LogP contribution >= 0.6 is 0 Å². The minimum atomic E-state index is -3.22. The first kappa shape index (κ1) is 18.3. The summed E-state index contributed by atoms with van der Waals surface area (Å²) in [4.78, 5) is 13.6. The lowest BCUT2D eigenvalue weighted by molar-refractivity contribution is 0.122. The third-order valence-electron chi connectivity index (χ3n) is 4.56. The standard InChI is InChI=1S/C16H27N5O3S/c1-4-11-25(22,23)21-6-5-14-13(12-21)15(19(2)3)18-16(17-14)20-7-9-24-10-8-20/h4-12H2,1-3H3. The van der Waals surface area contributed by atoms with Crippen molar-refractivity contribution < 1.29 is 13.2 Å². The predicted octanol–water partition coefficient (Wildman–Crippen LogP) is 0.477. The van der Waals surface area contributed by atoms with Crippen LogP contribution in [0.4, 0.5) is 11.8 Å². The SMILES string of the molecule is CCCS(=O)(=O)N1CCc2nc(N3CCOCC3)nc(N(C)C)c2C1. The Kier molecular flexibility index (Phi) is 5.45. The molecule has 0 atom stereocenters. The number of hydrogen-bond donors (Lipinski definition) is 0. The fourth-order valence-corrected chi connectivity index (χ4v) is 4.73. The van der Waals surface area contributed by atoms with Crippen LogP contribution in [0.1, 0.15) is 24.6 Å². The van der Waals surface area contributed by atoms with Crippen LogP contribution in [0.25, 0.3) is 0 Å². The van der Waals surface area contributed by atoms with E-state index in [2.05, 4.69) is 4.90 Å². The number of anilines is 2. The Labute approximate surface area is 149 Å². The van der Waals surface area contributed by atoms with Crippen LogP contribution in [0.15, 0.2) is 0 Å². The number of sulfonamides is 1. The molecule has 0 bridgehead atoms. The van der Waals surface area contributed by atoms with E-state index in [0.717, 1.165) is 36.1 Å². The van der Waals surface area contributed by atoms with Crippen LogP contribution in [-0.4, -0.2) is 75.4 Å². The number of morpholine rings is 1. The predicted molar refractivity (Wildman–Crippen MR) is 97.6 cm³/mol. The molecule has 140 valence electrons. The summed E-state index contributed by atoms with van der Waals surface area (Å²) in [6.45, 7) is 5.65. The number of rotatable bonds is 5. The Bertz CT molecular complexity index is 717. The molecular formula is C16H27N5O3S. The van der Waals surface area contributed by atoms with Crippen LogP contribution < -0.4 is 9.80 Å². The lowest BCUT2D eigenvalue weighted by atomic mass is 10.1. The highest BCUT2D eigenvalue weighted by Gasteiger charge is 2.30. The summed E-state index contributed by atoms with van der Waals surface area (Å²) in [5, 5.41) is 0. The smallest absolute Gasteiger partial charge is 0.227 e. The first-order chi connectivity index (χ1) is 11.9. The number of nitrogens with zero attached hydrogens (tertiary/aromatic N) is 5. The molecule has 1 aromatic heterocycles. The highest BCUT2D eigenvalue weighted by Crippen LogP contribution is 2.29. The van der Waals surface area contributed by atoms with Gasteiger partial charge in [0.1, 0.15) is 5.82 Å². The molecule has 8 nitrogen and oxygen atoms in total. The van der Waals surface area contributed by atoms with Crippen LogP contribution in [0.5, 0.6) is 0 Å². The van der Waals surface area contributed by atoms with Crippen molar-refractivity contribution in [3.8, 4) is 0 Å². The van der Waals surface area contributed by atoms with Gasteiger partial charge in [0.25, 0.3) is 0 Å². The van der Waals surface area contributed by atoms with Gasteiger partial charge in [0.05, 0.1) is 24.7 Å². The molecule has 25 heavy (non-hydrogen) atoms. The van der Waals surface area contributed by atoms with Gasteiger partial charge in [-0.25, -0.2) is 13.4 Å². The van der Waals surface area contributed by atoms with E-state index in [4.69, 9.17) is 14.7 Å². The van der Waals surface area contributed by atoms with Gasteiger partial charge in [-0.05, 0) is 6.42 Å². The van der Waals surface area contributed by atoms with Crippen molar-refractivity contribution in [2.45, 2.75) is 26.3 Å². The Morgan fingerprint density at radius 1 is 1.16 bits per heavy atom. The van der Waals surface area contributed by atoms with Gasteiger partial charge in [0.2, 0.25) is 16.0 Å². The summed E-state index contributed by atoms with van der Waals surface area (Å²) >= 11 is 0. The minimum absolute atomic E-state index is 0.187. The van der Waals surface area contributed by atoms with Gasteiger partial charge in [-0.1, -0.05) is 6.92 Å². The first-order valence-corrected chi connectivity index (χ1v) is 10.4. The summed E-state index contributed by atoms with van der Waals surface area (Å²) in [6.07, 6.45) is 1.25. The second-order valence-electron chi connectivity index (χ2n) is 6.67. The van der Waals surface area contributed by atoms with Gasteiger partial charge in [-0.3, -0.25) is 0 Å². The molecule has 0 N–H and O–H groups in total. The molecule has 1 aromatic rings. The second-order valence-corrected chi connectivity index (χ2v) is 8.75. The molecule has 0 aromatic carbocycles. The van der Waals surface area contributed by atoms with E-state index < -0.39 is 10.0 Å². The average molecular weight is 369 g/mol. The lowest BCUT2D eigenvalue weighted by Gasteiger charge is -2.32. The zero-order valence-electron chi connectivity index (χ0n) is 15.2. The molecule has 0 saturated carbocycles. The highest BCUT2D eigenvalue weighted by molar-refractivity contribution is 7.89. The highest BCUT2D eigenvalue weighted by atomic mass is 32.2. The topological polar surface area (TPSA) is 78.9 Å². The molecule has 0 amide bonds. The summed E-state index contributed by atoms with van der Waals surface area (Å²) in [7, 11) is 0.655. The van der Waals surface area contributed by atoms with Gasteiger partial charge in [-0.15, -0.1) is 0 Å². The van der Waals surface area contributed by atoms with Crippen molar-refractivity contribution in [3.05, 3.63) is 11.3 Å². The molecule has 2 aliphatic heterocycles. The van der Waals surface area contributed by atoms with Gasteiger partial charge in [-0.2, -0.15) is 9.29 Å². The Morgan fingerprint density at radius 2 is 1.88 bits per heavy atom. The zero-order valence-corrected chi connectivity index (χ0v) is 16.0. The molecule has 3 rings (SSSR count). The largest absolute Gasteiger partial charge is 0.378 e. The summed E-state index contributed by atoms with van der Waals surface area (Å²) in [5.41, 5.74) is 1.89. The molecular weight excluding hydrogens is 342 g/mol. The van der Waals surface area contributed by atoms with E-state index in [1.165, 1.54) is 0 Å². The molecule has 3 heterocycles. The molecule has 0 radical (unpaired) electrons. The maximum absolute atomic E-state index is 12.4. The molecule has 1 saturated heterocycles. The maximum atomic E-state index is 12.4. The minimum Gasteiger partial charge on any atom is -0.378 e. The van der Waals surface area contributed by atoms with Crippen molar-refractivity contribution in [2.75, 3.05) is 62.5 Å². The van der Waals surface area contributed by atoms with Crippen LogP contribution in [0.3, 0.4) is 0 Å². The van der Waals surface area contributed by atoms with Crippen molar-refractivity contribution in [3.63, 3.8) is 0 Å². The normalized spacial score (nSPS) is 18.9. The molecule has 0 aliphatic carbocycles. The maximum Gasteiger partial charge on any atom is 0.227 e. The molecule has 0 unspecified atom stereocenters. The van der Waals surface area contributed by atoms with Crippen LogP contribution in [0, 0.1) is 0 Å². The van der Waals surface area contributed by atoms with Crippen molar-refractivity contribution >= 4 is 21.8 Å². The van der Waals surface area contributed by atoms with Crippen molar-refractivity contribution in [2.24, 2.45) is 0 Å². The molecule has 0 spiro atoms. The van der Waals surface area contributed by atoms with Gasteiger partial charge < -0.3 is 14.5 Å². The number of aromatic nitrogens is 2. The summed E-state index contributed by atoms with van der Waals surface area (Å²) in [5.74, 6) is 1.71. The van der Waals surface area contributed by atoms with E-state index in [-0.39, 0.29) is 5.75 Å². The fourth-order valence-electron chi connectivity index (χ4n) is 3.26. The Balaban J connectivity index is 1.93. The van der Waals surface area contributed by atoms with Gasteiger partial charge >= 0.3 is 0 Å². The van der Waals surface area contributed by atoms with E-state index in [1.54, 1.807) is 4.31 Å². The van der Waals surface area contributed by atoms with Crippen molar-refractivity contribution in [1.82, 2.24) is 14.3 Å². The molecule has 9 heteroatoms. The number of hydrogen-bond acceptors (Lipinski definition) is 7. The number of fused-ring (bicyclic) bond motifs is 1. The third-order valence-corrected chi connectivity index (χ3v) is 6.59. The molecule has 2 aliphatic rings. The quantitative estimate of drug-likeness (QED) is 0.747. The van der Waals surface area contributed by atoms with Gasteiger partial charge in [0.15, 0.2) is 0 Å². The summed E-state index contributed by atoms with van der Waals surface area (Å²) in [6, 6.07) is 0. The van der Waals surface area contributed by atoms with E-state index >= 15 is 0 Å². The van der Waals surface area contributed by atoms with E-state index in [1.807, 2.05) is 25.9 Å².